The Morgan fingerprint density at radius 1 is 1.65 bits per heavy atom. The van der Waals surface area contributed by atoms with Gasteiger partial charge in [-0.15, -0.1) is 0 Å². The topological polar surface area (TPSA) is 117 Å². The zero-order valence-electron chi connectivity index (χ0n) is 10.2. The van der Waals surface area contributed by atoms with E-state index < -0.39 is 30.1 Å². The smallest absolute Gasteiger partial charge is 0.185 e. The lowest BCUT2D eigenvalue weighted by molar-refractivity contribution is -0.281. The third kappa shape index (κ3) is 3.35. The van der Waals surface area contributed by atoms with Crippen LogP contribution in [0.2, 0.25) is 0 Å². The zero-order valence-corrected chi connectivity index (χ0v) is 10.2. The standard InChI is InChI=1S/C10H22N2O5/c1-10(15)5-16-9(7(14)8(10)12-2)17-6(3-11)4-13/h6-9,12-15H,3-5,11H2,1-2H3. The third-order valence-corrected chi connectivity index (χ3v) is 2.93. The van der Waals surface area contributed by atoms with Gasteiger partial charge in [0.1, 0.15) is 11.7 Å². The molecule has 5 unspecified atom stereocenters. The largest absolute Gasteiger partial charge is 0.394 e. The summed E-state index contributed by atoms with van der Waals surface area (Å²) in [5.74, 6) is 0. The molecule has 0 amide bonds. The van der Waals surface area contributed by atoms with E-state index in [0.29, 0.717) is 0 Å². The molecule has 1 fully saturated rings. The fourth-order valence-corrected chi connectivity index (χ4v) is 1.93. The quantitative estimate of drug-likeness (QED) is 0.362. The Labute approximate surface area is 101 Å². The summed E-state index contributed by atoms with van der Waals surface area (Å²) in [6.45, 7) is 1.48. The van der Waals surface area contributed by atoms with Gasteiger partial charge in [0.2, 0.25) is 0 Å². The van der Waals surface area contributed by atoms with E-state index in [9.17, 15) is 10.2 Å². The molecule has 0 bridgehead atoms. The van der Waals surface area contributed by atoms with Crippen molar-refractivity contribution in [2.75, 3.05) is 26.8 Å². The maximum absolute atomic E-state index is 10.0. The summed E-state index contributed by atoms with van der Waals surface area (Å²) in [4.78, 5) is 0. The molecule has 1 aliphatic rings. The van der Waals surface area contributed by atoms with Crippen LogP contribution in [0.1, 0.15) is 6.92 Å². The van der Waals surface area contributed by atoms with E-state index in [2.05, 4.69) is 5.32 Å². The molecule has 5 atom stereocenters. The van der Waals surface area contributed by atoms with Gasteiger partial charge in [0.05, 0.1) is 25.4 Å². The molecule has 0 spiro atoms. The third-order valence-electron chi connectivity index (χ3n) is 2.93. The highest BCUT2D eigenvalue weighted by Gasteiger charge is 2.46. The molecule has 17 heavy (non-hydrogen) atoms. The average Bonchev–Trinajstić information content (AvgIpc) is 2.28. The molecule has 0 aromatic heterocycles. The van der Waals surface area contributed by atoms with Crippen LogP contribution in [-0.4, -0.2) is 72.3 Å². The number of hydrogen-bond acceptors (Lipinski definition) is 7. The minimum atomic E-state index is -1.18. The molecule has 6 N–H and O–H groups in total. The van der Waals surface area contributed by atoms with Crippen molar-refractivity contribution in [1.29, 1.82) is 0 Å². The Balaban J connectivity index is 2.65. The number of aliphatic hydroxyl groups is 3. The van der Waals surface area contributed by atoms with Crippen molar-refractivity contribution in [2.24, 2.45) is 5.73 Å². The second-order valence-electron chi connectivity index (χ2n) is 4.47. The van der Waals surface area contributed by atoms with Gasteiger partial charge < -0.3 is 35.8 Å². The van der Waals surface area contributed by atoms with E-state index in [4.69, 9.17) is 20.3 Å². The highest BCUT2D eigenvalue weighted by molar-refractivity contribution is 4.97. The molecule has 7 nitrogen and oxygen atoms in total. The lowest BCUT2D eigenvalue weighted by Crippen LogP contribution is -2.65. The van der Waals surface area contributed by atoms with Crippen LogP contribution in [0.4, 0.5) is 0 Å². The second kappa shape index (κ2) is 6.05. The first-order chi connectivity index (χ1) is 7.96. The number of aliphatic hydroxyl groups excluding tert-OH is 2. The van der Waals surface area contributed by atoms with Gasteiger partial charge in [-0.3, -0.25) is 0 Å². The normalized spacial score (nSPS) is 40.2. The van der Waals surface area contributed by atoms with Gasteiger partial charge in [0.15, 0.2) is 6.29 Å². The maximum Gasteiger partial charge on any atom is 0.185 e. The number of nitrogens with one attached hydrogen (secondary N) is 1. The van der Waals surface area contributed by atoms with Crippen molar-refractivity contribution in [3.05, 3.63) is 0 Å². The molecule has 1 aliphatic heterocycles. The first kappa shape index (κ1) is 14.8. The van der Waals surface area contributed by atoms with Crippen LogP contribution in [0.3, 0.4) is 0 Å². The molecule has 0 radical (unpaired) electrons. The molecule has 1 heterocycles. The fraction of sp³-hybridized carbons (Fsp3) is 1.00. The summed E-state index contributed by atoms with van der Waals surface area (Å²) in [6.07, 6.45) is -2.53. The number of nitrogens with two attached hydrogens (primary N) is 1. The molecule has 0 aliphatic carbocycles. The van der Waals surface area contributed by atoms with Crippen molar-refractivity contribution < 1.29 is 24.8 Å². The number of hydrogen-bond donors (Lipinski definition) is 5. The molecule has 102 valence electrons. The van der Waals surface area contributed by atoms with E-state index in [1.807, 2.05) is 0 Å². The van der Waals surface area contributed by atoms with Crippen LogP contribution in [0, 0.1) is 0 Å². The summed E-state index contributed by atoms with van der Waals surface area (Å²) >= 11 is 0. The lowest BCUT2D eigenvalue weighted by atomic mass is 9.90. The highest BCUT2D eigenvalue weighted by atomic mass is 16.7. The Bertz CT molecular complexity index is 235. The van der Waals surface area contributed by atoms with Crippen molar-refractivity contribution >= 4 is 0 Å². The number of ether oxygens (including phenoxy) is 2. The first-order valence-corrected chi connectivity index (χ1v) is 5.62. The van der Waals surface area contributed by atoms with Crippen LogP contribution >= 0.6 is 0 Å². The Hall–Kier alpha value is -0.280. The van der Waals surface area contributed by atoms with Crippen molar-refractivity contribution in [1.82, 2.24) is 5.32 Å². The molecule has 1 rings (SSSR count). The molecule has 7 heteroatoms. The van der Waals surface area contributed by atoms with Crippen LogP contribution in [0.15, 0.2) is 0 Å². The second-order valence-corrected chi connectivity index (χ2v) is 4.47. The predicted octanol–water partition coefficient (Wildman–Crippen LogP) is -2.62. The highest BCUT2D eigenvalue weighted by Crippen LogP contribution is 2.24. The Morgan fingerprint density at radius 3 is 2.76 bits per heavy atom. The van der Waals surface area contributed by atoms with Gasteiger partial charge in [0, 0.05) is 6.54 Å². The van der Waals surface area contributed by atoms with E-state index >= 15 is 0 Å². The van der Waals surface area contributed by atoms with Crippen molar-refractivity contribution in [3.8, 4) is 0 Å². The lowest BCUT2D eigenvalue weighted by Gasteiger charge is -2.44. The number of likely N-dealkylation sites (N-methyl/N-ethyl adjacent to an activating group) is 1. The van der Waals surface area contributed by atoms with Crippen LogP contribution in [0.5, 0.6) is 0 Å². The van der Waals surface area contributed by atoms with Crippen LogP contribution in [-0.2, 0) is 9.47 Å². The molecule has 0 saturated carbocycles. The monoisotopic (exact) mass is 250 g/mol. The summed E-state index contributed by atoms with van der Waals surface area (Å²) in [5, 5.41) is 31.8. The van der Waals surface area contributed by atoms with Gasteiger partial charge in [-0.1, -0.05) is 0 Å². The van der Waals surface area contributed by atoms with Crippen LogP contribution in [0.25, 0.3) is 0 Å². The molecule has 1 saturated heterocycles. The minimum absolute atomic E-state index is 0.0307. The summed E-state index contributed by atoms with van der Waals surface area (Å²) in [7, 11) is 1.64. The fourth-order valence-electron chi connectivity index (χ4n) is 1.93. The van der Waals surface area contributed by atoms with Gasteiger partial charge in [-0.05, 0) is 14.0 Å². The maximum atomic E-state index is 10.0. The van der Waals surface area contributed by atoms with Gasteiger partial charge in [-0.25, -0.2) is 0 Å². The van der Waals surface area contributed by atoms with Gasteiger partial charge in [-0.2, -0.15) is 0 Å². The Morgan fingerprint density at radius 2 is 2.29 bits per heavy atom. The minimum Gasteiger partial charge on any atom is -0.394 e. The van der Waals surface area contributed by atoms with E-state index in [1.54, 1.807) is 14.0 Å². The summed E-state index contributed by atoms with van der Waals surface area (Å²) in [5.41, 5.74) is 4.20. The molecular formula is C10H22N2O5. The number of rotatable bonds is 5. The van der Waals surface area contributed by atoms with Crippen molar-refractivity contribution in [2.45, 2.75) is 37.1 Å². The van der Waals surface area contributed by atoms with E-state index in [0.717, 1.165) is 0 Å². The van der Waals surface area contributed by atoms with Gasteiger partial charge in [0.25, 0.3) is 0 Å². The SMILES string of the molecule is CNC1C(O)C(OC(CN)CO)OCC1(C)O. The summed E-state index contributed by atoms with van der Waals surface area (Å²) < 4.78 is 10.6. The van der Waals surface area contributed by atoms with Crippen molar-refractivity contribution in [3.63, 3.8) is 0 Å². The zero-order chi connectivity index (χ0) is 13.1. The average molecular weight is 250 g/mol. The predicted molar refractivity (Wildman–Crippen MR) is 60.2 cm³/mol. The summed E-state index contributed by atoms with van der Waals surface area (Å²) in [6, 6.07) is -0.571. The first-order valence-electron chi connectivity index (χ1n) is 5.62. The van der Waals surface area contributed by atoms with Crippen LogP contribution < -0.4 is 11.1 Å². The molecular weight excluding hydrogens is 228 g/mol. The Kier molecular flexibility index (Phi) is 5.26. The van der Waals surface area contributed by atoms with E-state index in [-0.39, 0.29) is 19.8 Å². The molecule has 0 aromatic rings. The molecule has 0 aromatic carbocycles. The van der Waals surface area contributed by atoms with E-state index in [1.165, 1.54) is 0 Å². The van der Waals surface area contributed by atoms with Gasteiger partial charge >= 0.3 is 0 Å².